The largest absolute Gasteiger partial charge is 0.126 e. The Labute approximate surface area is 103 Å². The zero-order valence-corrected chi connectivity index (χ0v) is 9.41. The fourth-order valence-electron chi connectivity index (χ4n) is 2.37. The highest BCUT2D eigenvalue weighted by Crippen LogP contribution is 2.32. The van der Waals surface area contributed by atoms with E-state index >= 15 is 0 Å². The van der Waals surface area contributed by atoms with Gasteiger partial charge in [0.1, 0.15) is 11.0 Å². The Morgan fingerprint density at radius 3 is 2.50 bits per heavy atom. The first-order valence-corrected chi connectivity index (χ1v) is 5.70. The fraction of sp³-hybridized carbons (Fsp3) is 0. The molecule has 84 valence electrons. The molecule has 0 fully saturated rings. The monoisotopic (exact) mass is 232 g/mol. The molecule has 1 heterocycles. The minimum atomic E-state index is 0.793. The highest BCUT2D eigenvalue weighted by Gasteiger charge is 2.11. The number of hydrogen-bond acceptors (Lipinski definition) is 4. The lowest BCUT2D eigenvalue weighted by atomic mass is 10.1. The Hall–Kier alpha value is -2.62. The quantitative estimate of drug-likeness (QED) is 0.467. The van der Waals surface area contributed by atoms with Gasteiger partial charge in [-0.05, 0) is 27.4 Å². The van der Waals surface area contributed by atoms with Crippen LogP contribution < -0.4 is 0 Å². The molecule has 1 aromatic heterocycles. The highest BCUT2D eigenvalue weighted by molar-refractivity contribution is 6.08. The van der Waals surface area contributed by atoms with E-state index in [9.17, 15) is 0 Å². The Morgan fingerprint density at radius 2 is 1.56 bits per heavy atom. The van der Waals surface area contributed by atoms with Gasteiger partial charge in [-0.3, -0.25) is 0 Å². The Morgan fingerprint density at radius 1 is 0.722 bits per heavy atom. The number of hydrogen-bond donors (Lipinski definition) is 0. The van der Waals surface area contributed by atoms with Gasteiger partial charge in [-0.2, -0.15) is 0 Å². The minimum absolute atomic E-state index is 0.793. The number of fused-ring (bicyclic) bond motifs is 5. The zero-order chi connectivity index (χ0) is 11.9. The summed E-state index contributed by atoms with van der Waals surface area (Å²) in [6.45, 7) is 0. The summed E-state index contributed by atoms with van der Waals surface area (Å²) in [4.78, 5) is 0. The molecule has 4 heteroatoms. The SMILES string of the molecule is c1cc2cc3ccccc3c3nnnnc3c-2c1. The van der Waals surface area contributed by atoms with Crippen molar-refractivity contribution in [3.05, 3.63) is 48.5 Å². The van der Waals surface area contributed by atoms with Crippen molar-refractivity contribution in [3.8, 4) is 11.1 Å². The van der Waals surface area contributed by atoms with Gasteiger partial charge in [0.15, 0.2) is 0 Å². The first kappa shape index (κ1) is 9.41. The predicted molar refractivity (Wildman–Crippen MR) is 69.3 cm³/mol. The third kappa shape index (κ3) is 1.20. The van der Waals surface area contributed by atoms with E-state index in [2.05, 4.69) is 38.8 Å². The summed E-state index contributed by atoms with van der Waals surface area (Å²) in [5.74, 6) is 0. The molecule has 0 saturated heterocycles. The zero-order valence-electron chi connectivity index (χ0n) is 9.41. The fourth-order valence-corrected chi connectivity index (χ4v) is 2.37. The van der Waals surface area contributed by atoms with Crippen LogP contribution in [0.3, 0.4) is 0 Å². The third-order valence-electron chi connectivity index (χ3n) is 3.19. The third-order valence-corrected chi connectivity index (χ3v) is 3.19. The van der Waals surface area contributed by atoms with Crippen LogP contribution in [0.5, 0.6) is 0 Å². The topological polar surface area (TPSA) is 51.6 Å². The lowest BCUT2D eigenvalue weighted by Gasteiger charge is -1.94. The molecule has 0 spiro atoms. The Kier molecular flexibility index (Phi) is 1.80. The molecular weight excluding hydrogens is 224 g/mol. The summed E-state index contributed by atoms with van der Waals surface area (Å²) in [7, 11) is 0. The van der Waals surface area contributed by atoms with Gasteiger partial charge in [-0.15, -0.1) is 10.2 Å². The second-order valence-corrected chi connectivity index (χ2v) is 4.20. The summed E-state index contributed by atoms with van der Waals surface area (Å²) in [6.07, 6.45) is 0. The van der Waals surface area contributed by atoms with E-state index in [1.165, 1.54) is 0 Å². The molecule has 0 saturated carbocycles. The van der Waals surface area contributed by atoms with Crippen LogP contribution in [0.1, 0.15) is 0 Å². The summed E-state index contributed by atoms with van der Waals surface area (Å²) >= 11 is 0. The van der Waals surface area contributed by atoms with Crippen molar-refractivity contribution in [2.75, 3.05) is 0 Å². The van der Waals surface area contributed by atoms with Gasteiger partial charge in [-0.25, -0.2) is 0 Å². The van der Waals surface area contributed by atoms with Crippen molar-refractivity contribution in [1.29, 1.82) is 0 Å². The minimum Gasteiger partial charge on any atom is -0.126 e. The van der Waals surface area contributed by atoms with E-state index in [-0.39, 0.29) is 0 Å². The van der Waals surface area contributed by atoms with Crippen molar-refractivity contribution in [2.45, 2.75) is 0 Å². The predicted octanol–water partition coefficient (Wildman–Crippen LogP) is 2.68. The second-order valence-electron chi connectivity index (χ2n) is 4.20. The Balaban J connectivity index is 2.40. The highest BCUT2D eigenvalue weighted by atomic mass is 15.4. The van der Waals surface area contributed by atoms with Crippen LogP contribution in [-0.4, -0.2) is 20.6 Å². The van der Waals surface area contributed by atoms with Crippen molar-refractivity contribution in [2.24, 2.45) is 0 Å². The van der Waals surface area contributed by atoms with Crippen LogP contribution in [0.2, 0.25) is 0 Å². The second kappa shape index (κ2) is 3.43. The van der Waals surface area contributed by atoms with Crippen molar-refractivity contribution >= 4 is 21.8 Å². The van der Waals surface area contributed by atoms with E-state index in [4.69, 9.17) is 0 Å². The summed E-state index contributed by atoms with van der Waals surface area (Å²) in [6, 6.07) is 16.4. The molecule has 0 N–H and O–H groups in total. The van der Waals surface area contributed by atoms with Crippen LogP contribution in [0.4, 0.5) is 0 Å². The van der Waals surface area contributed by atoms with Gasteiger partial charge in [0.2, 0.25) is 0 Å². The molecule has 2 aromatic rings. The van der Waals surface area contributed by atoms with Crippen LogP contribution in [0, 0.1) is 0 Å². The maximum absolute atomic E-state index is 4.16. The van der Waals surface area contributed by atoms with Gasteiger partial charge >= 0.3 is 0 Å². The first-order valence-electron chi connectivity index (χ1n) is 5.70. The van der Waals surface area contributed by atoms with Crippen LogP contribution >= 0.6 is 0 Å². The summed E-state index contributed by atoms with van der Waals surface area (Å²) in [5, 5.41) is 17.8. The molecule has 1 aromatic carbocycles. The van der Waals surface area contributed by atoms with Gasteiger partial charge in [0.25, 0.3) is 0 Å². The van der Waals surface area contributed by atoms with Gasteiger partial charge in [0.05, 0.1) is 0 Å². The van der Waals surface area contributed by atoms with Crippen LogP contribution in [0.15, 0.2) is 48.5 Å². The number of rotatable bonds is 0. The van der Waals surface area contributed by atoms with E-state index in [1.807, 2.05) is 30.3 Å². The summed E-state index contributed by atoms with van der Waals surface area (Å²) < 4.78 is 0. The molecule has 2 aliphatic carbocycles. The lowest BCUT2D eigenvalue weighted by molar-refractivity contribution is 0.799. The number of nitrogens with zero attached hydrogens (tertiary/aromatic N) is 4. The van der Waals surface area contributed by atoms with E-state index in [0.29, 0.717) is 0 Å². The molecule has 4 rings (SSSR count). The molecule has 0 unspecified atom stereocenters. The number of aromatic nitrogens is 4. The van der Waals surface area contributed by atoms with Gasteiger partial charge in [0, 0.05) is 10.9 Å². The average Bonchev–Trinajstić information content (AvgIpc) is 2.83. The molecule has 0 amide bonds. The van der Waals surface area contributed by atoms with Crippen molar-refractivity contribution in [1.82, 2.24) is 20.6 Å². The van der Waals surface area contributed by atoms with Crippen molar-refractivity contribution in [3.63, 3.8) is 0 Å². The van der Waals surface area contributed by atoms with E-state index < -0.39 is 0 Å². The normalized spacial score (nSPS) is 11.3. The molecule has 2 aliphatic rings. The average molecular weight is 232 g/mol. The maximum atomic E-state index is 4.16. The van der Waals surface area contributed by atoms with Gasteiger partial charge < -0.3 is 0 Å². The molecule has 0 radical (unpaired) electrons. The van der Waals surface area contributed by atoms with Crippen LogP contribution in [-0.2, 0) is 0 Å². The number of benzene rings is 1. The molecule has 0 atom stereocenters. The molecule has 18 heavy (non-hydrogen) atoms. The molecule has 0 aliphatic heterocycles. The van der Waals surface area contributed by atoms with Gasteiger partial charge in [-0.1, -0.05) is 42.5 Å². The molecular formula is C14H8N4. The van der Waals surface area contributed by atoms with Crippen molar-refractivity contribution < 1.29 is 0 Å². The van der Waals surface area contributed by atoms with E-state index in [1.54, 1.807) is 0 Å². The molecule has 0 bridgehead atoms. The Bertz CT molecular complexity index is 841. The standard InChI is InChI=1S/C14H8N4/c1-2-6-11-9(4-1)8-10-5-3-7-12(10)14-13(11)15-17-18-16-14/h1-8H. The van der Waals surface area contributed by atoms with Crippen LogP contribution in [0.25, 0.3) is 32.9 Å². The lowest BCUT2D eigenvalue weighted by Crippen LogP contribution is -1.92. The van der Waals surface area contributed by atoms with E-state index in [0.717, 1.165) is 32.9 Å². The first-order chi connectivity index (χ1) is 8.93. The smallest absolute Gasteiger partial charge is 0.124 e. The summed E-state index contributed by atoms with van der Waals surface area (Å²) in [5.41, 5.74) is 3.79. The molecule has 4 nitrogen and oxygen atoms in total. The maximum Gasteiger partial charge on any atom is 0.124 e.